The lowest BCUT2D eigenvalue weighted by Gasteiger charge is -2.30. The van der Waals surface area contributed by atoms with E-state index in [4.69, 9.17) is 0 Å². The first-order chi connectivity index (χ1) is 26.2. The molecule has 0 unspecified atom stereocenters. The first-order valence-corrected chi connectivity index (χ1v) is 18.8. The number of para-hydroxylation sites is 2. The van der Waals surface area contributed by atoms with Crippen LogP contribution in [0.15, 0.2) is 193 Å². The van der Waals surface area contributed by atoms with E-state index in [1.807, 2.05) is 0 Å². The number of benzene rings is 10. The van der Waals surface area contributed by atoms with Gasteiger partial charge in [0.15, 0.2) is 0 Å². The molecule has 10 aromatic carbocycles. The molecule has 1 heterocycles. The number of hydrogen-bond acceptors (Lipinski definition) is 1. The summed E-state index contributed by atoms with van der Waals surface area (Å²) in [6, 6.07) is 68.7. The van der Waals surface area contributed by atoms with Gasteiger partial charge >= 0.3 is 0 Å². The SMILES string of the molecule is Brc1c2ccc3ccccc3c2c(N(c2cccc(-n3c4ccccc4c4ccccc43)c2)c2ccc3ccccc3c2)c2ccc3ccccc3c12. The van der Waals surface area contributed by atoms with Crippen molar-refractivity contribution in [3.63, 3.8) is 0 Å². The Morgan fingerprint density at radius 2 is 0.887 bits per heavy atom. The van der Waals surface area contributed by atoms with Gasteiger partial charge < -0.3 is 9.47 Å². The van der Waals surface area contributed by atoms with Crippen molar-refractivity contribution >= 4 is 109 Å². The first-order valence-electron chi connectivity index (χ1n) is 18.0. The molecule has 0 saturated heterocycles. The van der Waals surface area contributed by atoms with Gasteiger partial charge in [-0.1, -0.05) is 146 Å². The summed E-state index contributed by atoms with van der Waals surface area (Å²) in [5, 5.41) is 14.6. The minimum absolute atomic E-state index is 1.09. The zero-order valence-electron chi connectivity index (χ0n) is 28.7. The van der Waals surface area contributed by atoms with Crippen LogP contribution in [0.5, 0.6) is 0 Å². The minimum Gasteiger partial charge on any atom is -0.309 e. The quantitative estimate of drug-likeness (QED) is 0.129. The van der Waals surface area contributed by atoms with Crippen LogP contribution in [0.2, 0.25) is 0 Å². The lowest BCUT2D eigenvalue weighted by Crippen LogP contribution is -2.12. The van der Waals surface area contributed by atoms with Gasteiger partial charge in [0, 0.05) is 48.5 Å². The largest absolute Gasteiger partial charge is 0.309 e. The highest BCUT2D eigenvalue weighted by Gasteiger charge is 2.24. The number of nitrogens with zero attached hydrogens (tertiary/aromatic N) is 2. The Bertz CT molecular complexity index is 3210. The average molecular weight is 740 g/mol. The van der Waals surface area contributed by atoms with Crippen molar-refractivity contribution in [3.05, 3.63) is 193 Å². The van der Waals surface area contributed by atoms with Crippen molar-refractivity contribution in [2.75, 3.05) is 4.90 Å². The lowest BCUT2D eigenvalue weighted by molar-refractivity contribution is 1.17. The van der Waals surface area contributed by atoms with Crippen molar-refractivity contribution in [2.45, 2.75) is 0 Å². The third-order valence-corrected chi connectivity index (χ3v) is 11.8. The number of halogens is 1. The van der Waals surface area contributed by atoms with E-state index < -0.39 is 0 Å². The van der Waals surface area contributed by atoms with E-state index in [1.165, 1.54) is 75.7 Å². The average Bonchev–Trinajstić information content (AvgIpc) is 3.56. The zero-order valence-corrected chi connectivity index (χ0v) is 30.3. The van der Waals surface area contributed by atoms with Crippen LogP contribution in [0.3, 0.4) is 0 Å². The fourth-order valence-electron chi connectivity index (χ4n) is 8.61. The summed E-state index contributed by atoms with van der Waals surface area (Å²) in [6.45, 7) is 0. The molecular formula is C50H31BrN2. The van der Waals surface area contributed by atoms with Gasteiger partial charge in [-0.25, -0.2) is 0 Å². The van der Waals surface area contributed by atoms with Gasteiger partial charge in [0.05, 0.1) is 16.7 Å². The van der Waals surface area contributed by atoms with Gasteiger partial charge in [0.2, 0.25) is 0 Å². The maximum atomic E-state index is 4.18. The number of hydrogen-bond donors (Lipinski definition) is 0. The summed E-state index contributed by atoms with van der Waals surface area (Å²) in [5.74, 6) is 0. The minimum atomic E-state index is 1.09. The predicted octanol–water partition coefficient (Wildman–Crippen LogP) is 14.8. The number of rotatable bonds is 4. The molecule has 0 spiro atoms. The van der Waals surface area contributed by atoms with E-state index in [0.717, 1.165) is 27.2 Å². The van der Waals surface area contributed by atoms with E-state index in [2.05, 4.69) is 213 Å². The summed E-state index contributed by atoms with van der Waals surface area (Å²) in [6.07, 6.45) is 0. The highest BCUT2D eigenvalue weighted by atomic mass is 79.9. The van der Waals surface area contributed by atoms with Gasteiger partial charge in [-0.3, -0.25) is 0 Å². The molecule has 0 saturated carbocycles. The Morgan fingerprint density at radius 3 is 1.58 bits per heavy atom. The highest BCUT2D eigenvalue weighted by molar-refractivity contribution is 9.10. The zero-order chi connectivity index (χ0) is 35.0. The Balaban J connectivity index is 1.30. The molecule has 0 amide bonds. The highest BCUT2D eigenvalue weighted by Crippen LogP contribution is 2.51. The molecule has 0 N–H and O–H groups in total. The third-order valence-electron chi connectivity index (χ3n) is 10.9. The van der Waals surface area contributed by atoms with Crippen molar-refractivity contribution in [3.8, 4) is 5.69 Å². The Morgan fingerprint density at radius 1 is 0.358 bits per heavy atom. The van der Waals surface area contributed by atoms with Crippen LogP contribution < -0.4 is 4.90 Å². The monoisotopic (exact) mass is 738 g/mol. The molecule has 53 heavy (non-hydrogen) atoms. The van der Waals surface area contributed by atoms with Gasteiger partial charge in [-0.15, -0.1) is 0 Å². The fraction of sp³-hybridized carbons (Fsp3) is 0. The molecule has 11 aromatic rings. The molecular weight excluding hydrogens is 708 g/mol. The Hall–Kier alpha value is -6.42. The molecule has 11 rings (SSSR count). The summed E-state index contributed by atoms with van der Waals surface area (Å²) in [4.78, 5) is 2.50. The van der Waals surface area contributed by atoms with Crippen molar-refractivity contribution in [2.24, 2.45) is 0 Å². The maximum absolute atomic E-state index is 4.18. The molecule has 0 fully saturated rings. The van der Waals surface area contributed by atoms with E-state index in [-0.39, 0.29) is 0 Å². The summed E-state index contributed by atoms with van der Waals surface area (Å²) >= 11 is 4.18. The van der Waals surface area contributed by atoms with Crippen LogP contribution in [-0.4, -0.2) is 4.57 Å². The molecule has 0 aliphatic heterocycles. The van der Waals surface area contributed by atoms with Crippen LogP contribution >= 0.6 is 15.9 Å². The molecule has 248 valence electrons. The van der Waals surface area contributed by atoms with Crippen molar-refractivity contribution in [1.29, 1.82) is 0 Å². The molecule has 1 aromatic heterocycles. The smallest absolute Gasteiger partial charge is 0.0625 e. The Kier molecular flexibility index (Phi) is 6.74. The summed E-state index contributed by atoms with van der Waals surface area (Å²) in [5.41, 5.74) is 6.86. The van der Waals surface area contributed by atoms with Crippen LogP contribution in [0.1, 0.15) is 0 Å². The van der Waals surface area contributed by atoms with Crippen LogP contribution in [-0.2, 0) is 0 Å². The lowest BCUT2D eigenvalue weighted by atomic mass is 9.92. The molecule has 0 radical (unpaired) electrons. The standard InChI is InChI=1S/C50H31BrN2/c51-49-43-28-25-34-14-4-6-19-40(34)48(43)50(44-29-26-33-13-3-5-18-39(33)47(44)49)52(38-27-24-32-12-1-2-15-35(32)30-38)36-16-11-17-37(31-36)53-45-22-9-7-20-41(45)42-21-8-10-23-46(42)53/h1-31H. The van der Waals surface area contributed by atoms with Crippen molar-refractivity contribution in [1.82, 2.24) is 4.57 Å². The van der Waals surface area contributed by atoms with Crippen LogP contribution in [0, 0.1) is 0 Å². The van der Waals surface area contributed by atoms with E-state index >= 15 is 0 Å². The first kappa shape index (κ1) is 30.2. The molecule has 2 nitrogen and oxygen atoms in total. The second-order valence-electron chi connectivity index (χ2n) is 13.8. The van der Waals surface area contributed by atoms with Crippen molar-refractivity contribution < 1.29 is 0 Å². The summed E-state index contributed by atoms with van der Waals surface area (Å²) < 4.78 is 3.53. The number of aromatic nitrogens is 1. The molecule has 0 aliphatic carbocycles. The van der Waals surface area contributed by atoms with Gasteiger partial charge in [-0.05, 0) is 96.1 Å². The number of fused-ring (bicyclic) bond motifs is 10. The molecule has 3 heteroatoms. The predicted molar refractivity (Wildman–Crippen MR) is 231 cm³/mol. The normalized spacial score (nSPS) is 11.9. The van der Waals surface area contributed by atoms with E-state index in [9.17, 15) is 0 Å². The molecule has 0 atom stereocenters. The molecule has 0 aliphatic rings. The van der Waals surface area contributed by atoms with Gasteiger partial charge in [0.25, 0.3) is 0 Å². The maximum Gasteiger partial charge on any atom is 0.0625 e. The summed E-state index contributed by atoms with van der Waals surface area (Å²) in [7, 11) is 0. The third kappa shape index (κ3) is 4.57. The topological polar surface area (TPSA) is 8.17 Å². The number of anilines is 3. The van der Waals surface area contributed by atoms with Crippen LogP contribution in [0.25, 0.3) is 81.4 Å². The van der Waals surface area contributed by atoms with E-state index in [0.29, 0.717) is 0 Å². The molecule has 0 bridgehead atoms. The Labute approximate surface area is 314 Å². The van der Waals surface area contributed by atoms with Crippen LogP contribution in [0.4, 0.5) is 17.1 Å². The van der Waals surface area contributed by atoms with Gasteiger partial charge in [-0.2, -0.15) is 0 Å². The second kappa shape index (κ2) is 11.8. The van der Waals surface area contributed by atoms with E-state index in [1.54, 1.807) is 0 Å². The van der Waals surface area contributed by atoms with Gasteiger partial charge in [0.1, 0.15) is 0 Å². The fourth-order valence-corrected chi connectivity index (χ4v) is 9.37. The second-order valence-corrected chi connectivity index (χ2v) is 14.6.